The Balaban J connectivity index is 2.21. The summed E-state index contributed by atoms with van der Waals surface area (Å²) in [6.45, 7) is 10.3. The van der Waals surface area contributed by atoms with Crippen LogP contribution in [-0.4, -0.2) is 68.0 Å². The van der Waals surface area contributed by atoms with Crippen LogP contribution in [0.4, 0.5) is 0 Å². The van der Waals surface area contributed by atoms with E-state index in [-0.39, 0.29) is 11.8 Å². The number of aliphatic imine (C=N–C) groups is 1. The molecule has 1 aliphatic heterocycles. The zero-order valence-electron chi connectivity index (χ0n) is 15.9. The van der Waals surface area contributed by atoms with Crippen molar-refractivity contribution >= 4 is 11.9 Å². The van der Waals surface area contributed by atoms with Crippen molar-refractivity contribution in [3.8, 4) is 0 Å². The molecule has 0 aromatic heterocycles. The first-order chi connectivity index (χ1) is 11.6. The van der Waals surface area contributed by atoms with E-state index in [0.717, 1.165) is 70.9 Å². The fourth-order valence-corrected chi connectivity index (χ4v) is 3.04. The Morgan fingerprint density at radius 2 is 1.96 bits per heavy atom. The molecule has 1 amide bonds. The number of guanidine groups is 1. The van der Waals surface area contributed by atoms with Gasteiger partial charge in [-0.1, -0.05) is 13.3 Å². The molecule has 1 fully saturated rings. The van der Waals surface area contributed by atoms with Gasteiger partial charge in [-0.05, 0) is 58.7 Å². The summed E-state index contributed by atoms with van der Waals surface area (Å²) < 4.78 is 0. The van der Waals surface area contributed by atoms with Gasteiger partial charge in [0.15, 0.2) is 5.96 Å². The largest absolute Gasteiger partial charge is 0.369 e. The minimum atomic E-state index is -0.132. The van der Waals surface area contributed by atoms with Crippen LogP contribution in [0.1, 0.15) is 52.4 Å². The second kappa shape index (κ2) is 12.1. The molecule has 0 unspecified atom stereocenters. The van der Waals surface area contributed by atoms with Crippen molar-refractivity contribution in [3.05, 3.63) is 0 Å². The van der Waals surface area contributed by atoms with E-state index in [0.29, 0.717) is 0 Å². The fourth-order valence-electron chi connectivity index (χ4n) is 3.04. The molecule has 1 rings (SSSR count). The summed E-state index contributed by atoms with van der Waals surface area (Å²) in [4.78, 5) is 20.6. The van der Waals surface area contributed by atoms with Gasteiger partial charge >= 0.3 is 0 Å². The summed E-state index contributed by atoms with van der Waals surface area (Å²) >= 11 is 0. The van der Waals surface area contributed by atoms with Gasteiger partial charge in [0.25, 0.3) is 0 Å². The molecule has 0 aromatic rings. The molecule has 0 aliphatic carbocycles. The Kier molecular flexibility index (Phi) is 10.5. The summed E-state index contributed by atoms with van der Waals surface area (Å²) in [5.74, 6) is 0.979. The van der Waals surface area contributed by atoms with Crippen molar-refractivity contribution < 1.29 is 4.79 Å². The lowest BCUT2D eigenvalue weighted by molar-refractivity contribution is -0.123. The number of carbonyl (C=O) groups excluding carboxylic acids is 1. The summed E-state index contributed by atoms with van der Waals surface area (Å²) in [5.41, 5.74) is 5.38. The first kappa shape index (κ1) is 20.7. The summed E-state index contributed by atoms with van der Waals surface area (Å²) in [6.07, 6.45) is 6.49. The SMILES string of the molecule is CCCCN(C)C(=NCCCCN1CCC(C(N)=O)CC1)NCC. The number of amides is 1. The minimum Gasteiger partial charge on any atom is -0.369 e. The smallest absolute Gasteiger partial charge is 0.220 e. The highest BCUT2D eigenvalue weighted by Gasteiger charge is 2.22. The van der Waals surface area contributed by atoms with Gasteiger partial charge in [0.1, 0.15) is 0 Å². The molecule has 0 radical (unpaired) electrons. The van der Waals surface area contributed by atoms with Crippen molar-refractivity contribution in [1.82, 2.24) is 15.1 Å². The van der Waals surface area contributed by atoms with Gasteiger partial charge < -0.3 is 20.9 Å². The van der Waals surface area contributed by atoms with Crippen LogP contribution < -0.4 is 11.1 Å². The van der Waals surface area contributed by atoms with Crippen molar-refractivity contribution in [2.45, 2.75) is 52.4 Å². The topological polar surface area (TPSA) is 74.0 Å². The lowest BCUT2D eigenvalue weighted by Crippen LogP contribution is -2.39. The van der Waals surface area contributed by atoms with Crippen LogP contribution >= 0.6 is 0 Å². The van der Waals surface area contributed by atoms with Crippen molar-refractivity contribution in [2.75, 3.05) is 46.3 Å². The highest BCUT2D eigenvalue weighted by molar-refractivity contribution is 5.79. The quantitative estimate of drug-likeness (QED) is 0.361. The Hall–Kier alpha value is -1.30. The van der Waals surface area contributed by atoms with Crippen molar-refractivity contribution in [1.29, 1.82) is 0 Å². The van der Waals surface area contributed by atoms with Gasteiger partial charge in [0.05, 0.1) is 0 Å². The molecule has 0 bridgehead atoms. The van der Waals surface area contributed by atoms with Crippen LogP contribution in [0.15, 0.2) is 4.99 Å². The number of nitrogens with one attached hydrogen (secondary N) is 1. The monoisotopic (exact) mass is 339 g/mol. The number of hydrogen-bond donors (Lipinski definition) is 2. The second-order valence-electron chi connectivity index (χ2n) is 6.74. The maximum atomic E-state index is 11.2. The maximum absolute atomic E-state index is 11.2. The number of piperidine rings is 1. The van der Waals surface area contributed by atoms with Crippen LogP contribution in [-0.2, 0) is 4.79 Å². The Bertz CT molecular complexity index is 378. The molecule has 1 heterocycles. The molecule has 1 aliphatic rings. The van der Waals surface area contributed by atoms with Gasteiger partial charge in [-0.2, -0.15) is 0 Å². The van der Waals surface area contributed by atoms with Crippen LogP contribution in [0.5, 0.6) is 0 Å². The average molecular weight is 340 g/mol. The number of rotatable bonds is 10. The van der Waals surface area contributed by atoms with Gasteiger partial charge in [-0.15, -0.1) is 0 Å². The Labute approximate surface area is 147 Å². The Morgan fingerprint density at radius 3 is 2.54 bits per heavy atom. The first-order valence-electron chi connectivity index (χ1n) is 9.59. The molecule has 140 valence electrons. The number of hydrogen-bond acceptors (Lipinski definition) is 3. The fraction of sp³-hybridized carbons (Fsp3) is 0.889. The van der Waals surface area contributed by atoms with Gasteiger partial charge in [-0.3, -0.25) is 9.79 Å². The number of nitrogens with zero attached hydrogens (tertiary/aromatic N) is 3. The molecule has 0 aromatic carbocycles. The zero-order chi connectivity index (χ0) is 17.8. The lowest BCUT2D eigenvalue weighted by Gasteiger charge is -2.30. The molecular weight excluding hydrogens is 302 g/mol. The highest BCUT2D eigenvalue weighted by Crippen LogP contribution is 2.16. The van der Waals surface area contributed by atoms with E-state index in [1.807, 2.05) is 0 Å². The Morgan fingerprint density at radius 1 is 1.25 bits per heavy atom. The third kappa shape index (κ3) is 7.99. The molecular formula is C18H37N5O. The average Bonchev–Trinajstić information content (AvgIpc) is 2.58. The molecule has 6 heteroatoms. The van der Waals surface area contributed by atoms with Crippen LogP contribution in [0, 0.1) is 5.92 Å². The molecule has 24 heavy (non-hydrogen) atoms. The number of nitrogens with two attached hydrogens (primary N) is 1. The molecule has 0 spiro atoms. The zero-order valence-corrected chi connectivity index (χ0v) is 15.9. The van der Waals surface area contributed by atoms with Crippen LogP contribution in [0.2, 0.25) is 0 Å². The molecule has 3 N–H and O–H groups in total. The van der Waals surface area contributed by atoms with Crippen molar-refractivity contribution in [3.63, 3.8) is 0 Å². The summed E-state index contributed by atoms with van der Waals surface area (Å²) in [7, 11) is 2.11. The molecule has 0 saturated carbocycles. The van der Waals surface area contributed by atoms with Gasteiger partial charge in [0.2, 0.25) is 5.91 Å². The first-order valence-corrected chi connectivity index (χ1v) is 9.59. The maximum Gasteiger partial charge on any atom is 0.220 e. The number of primary amides is 1. The standard InChI is InChI=1S/C18H37N5O/c1-4-6-12-22(3)18(20-5-2)21-11-7-8-13-23-14-9-16(10-15-23)17(19)24/h16H,4-15H2,1-3H3,(H2,19,24)(H,20,21). The number of unbranched alkanes of at least 4 members (excludes halogenated alkanes) is 2. The predicted octanol–water partition coefficient (Wildman–Crippen LogP) is 1.66. The third-order valence-corrected chi connectivity index (χ3v) is 4.68. The molecule has 1 saturated heterocycles. The number of carbonyl (C=O) groups is 1. The highest BCUT2D eigenvalue weighted by atomic mass is 16.1. The van der Waals surface area contributed by atoms with E-state index in [4.69, 9.17) is 10.7 Å². The summed E-state index contributed by atoms with van der Waals surface area (Å²) in [5, 5.41) is 3.37. The van der Waals surface area contributed by atoms with E-state index in [1.54, 1.807) is 0 Å². The lowest BCUT2D eigenvalue weighted by atomic mass is 9.96. The predicted molar refractivity (Wildman–Crippen MR) is 101 cm³/mol. The minimum absolute atomic E-state index is 0.0900. The van der Waals surface area contributed by atoms with Gasteiger partial charge in [-0.25, -0.2) is 0 Å². The van der Waals surface area contributed by atoms with E-state index in [2.05, 4.69) is 36.0 Å². The second-order valence-corrected chi connectivity index (χ2v) is 6.74. The van der Waals surface area contributed by atoms with Crippen LogP contribution in [0.3, 0.4) is 0 Å². The summed E-state index contributed by atoms with van der Waals surface area (Å²) in [6, 6.07) is 0. The van der Waals surface area contributed by atoms with E-state index >= 15 is 0 Å². The molecule has 6 nitrogen and oxygen atoms in total. The number of likely N-dealkylation sites (tertiary alicyclic amines) is 1. The van der Waals surface area contributed by atoms with Crippen LogP contribution in [0.25, 0.3) is 0 Å². The van der Waals surface area contributed by atoms with E-state index in [1.165, 1.54) is 12.8 Å². The van der Waals surface area contributed by atoms with Gasteiger partial charge in [0, 0.05) is 32.6 Å². The van der Waals surface area contributed by atoms with E-state index < -0.39 is 0 Å². The van der Waals surface area contributed by atoms with Crippen molar-refractivity contribution in [2.24, 2.45) is 16.6 Å². The third-order valence-electron chi connectivity index (χ3n) is 4.68. The van der Waals surface area contributed by atoms with E-state index in [9.17, 15) is 4.79 Å². The molecule has 0 atom stereocenters. The normalized spacial score (nSPS) is 17.0.